The molecule has 184 valence electrons. The fourth-order valence-electron chi connectivity index (χ4n) is 5.01. The summed E-state index contributed by atoms with van der Waals surface area (Å²) < 4.78 is 1.72. The second kappa shape index (κ2) is 8.75. The van der Waals surface area contributed by atoms with E-state index in [0.717, 1.165) is 23.2 Å². The second-order valence-electron chi connectivity index (χ2n) is 10.4. The first-order chi connectivity index (χ1) is 16.7. The molecule has 0 radical (unpaired) electrons. The first-order valence-corrected chi connectivity index (χ1v) is 12.5. The number of benzene rings is 1. The highest BCUT2D eigenvalue weighted by molar-refractivity contribution is 5.94. The van der Waals surface area contributed by atoms with Gasteiger partial charge >= 0.3 is 0 Å². The summed E-state index contributed by atoms with van der Waals surface area (Å²) >= 11 is 0. The van der Waals surface area contributed by atoms with Gasteiger partial charge in [-0.15, -0.1) is 0 Å². The van der Waals surface area contributed by atoms with Crippen molar-refractivity contribution in [2.45, 2.75) is 64.5 Å². The average molecular weight is 476 g/mol. The van der Waals surface area contributed by atoms with Crippen LogP contribution in [0.4, 0.5) is 0 Å². The van der Waals surface area contributed by atoms with Crippen molar-refractivity contribution in [1.29, 1.82) is 0 Å². The summed E-state index contributed by atoms with van der Waals surface area (Å²) in [5, 5.41) is 15.2. The van der Waals surface area contributed by atoms with E-state index in [2.05, 4.69) is 51.1 Å². The Morgan fingerprint density at radius 3 is 2.46 bits per heavy atom. The van der Waals surface area contributed by atoms with Gasteiger partial charge in [-0.25, -0.2) is 9.50 Å². The molecule has 2 amide bonds. The number of hydrogen-bond donors (Lipinski definition) is 1. The van der Waals surface area contributed by atoms with Crippen LogP contribution in [0.1, 0.15) is 67.6 Å². The second-order valence-corrected chi connectivity index (χ2v) is 10.4. The number of aliphatic hydroxyl groups is 1. The molecule has 1 aromatic carbocycles. The van der Waals surface area contributed by atoms with Crippen molar-refractivity contribution in [3.63, 3.8) is 0 Å². The first kappa shape index (κ1) is 23.5. The van der Waals surface area contributed by atoms with Crippen molar-refractivity contribution < 1.29 is 14.7 Å². The predicted octanol–water partition coefficient (Wildman–Crippen LogP) is 3.42. The third kappa shape index (κ3) is 4.20. The molecule has 3 heterocycles. The van der Waals surface area contributed by atoms with Crippen LogP contribution in [-0.2, 0) is 4.79 Å². The van der Waals surface area contributed by atoms with Crippen molar-refractivity contribution in [1.82, 2.24) is 24.4 Å². The molecule has 1 N–H and O–H groups in total. The highest BCUT2D eigenvalue weighted by Gasteiger charge is 2.46. The summed E-state index contributed by atoms with van der Waals surface area (Å²) in [5.74, 6) is -0.158. The molecule has 1 atom stereocenters. The van der Waals surface area contributed by atoms with Gasteiger partial charge in [0.05, 0.1) is 11.9 Å². The largest absolute Gasteiger partial charge is 0.380 e. The van der Waals surface area contributed by atoms with Gasteiger partial charge in [0.25, 0.3) is 11.8 Å². The van der Waals surface area contributed by atoms with Crippen LogP contribution in [0.3, 0.4) is 0 Å². The fourth-order valence-corrected chi connectivity index (χ4v) is 5.01. The molecule has 0 spiro atoms. The minimum atomic E-state index is -1.21. The topological polar surface area (TPSA) is 91.0 Å². The molecule has 2 fully saturated rings. The number of hydrogen-bond acceptors (Lipinski definition) is 5. The van der Waals surface area contributed by atoms with Gasteiger partial charge in [-0.05, 0) is 45.1 Å². The van der Waals surface area contributed by atoms with E-state index in [1.54, 1.807) is 20.5 Å². The Hall–Kier alpha value is -3.26. The lowest BCUT2D eigenvalue weighted by atomic mass is 9.79. The van der Waals surface area contributed by atoms with Crippen LogP contribution < -0.4 is 0 Å². The van der Waals surface area contributed by atoms with E-state index < -0.39 is 5.60 Å². The molecule has 1 aliphatic carbocycles. The average Bonchev–Trinajstić information content (AvgIpc) is 3.25. The van der Waals surface area contributed by atoms with E-state index in [1.807, 2.05) is 6.92 Å². The number of rotatable bonds is 4. The maximum Gasteiger partial charge on any atom is 0.274 e. The molecule has 1 unspecified atom stereocenters. The Labute approximate surface area is 205 Å². The van der Waals surface area contributed by atoms with Crippen LogP contribution in [0.15, 0.2) is 36.5 Å². The van der Waals surface area contributed by atoms with Gasteiger partial charge in [-0.2, -0.15) is 5.10 Å². The van der Waals surface area contributed by atoms with E-state index in [9.17, 15) is 14.7 Å². The van der Waals surface area contributed by atoms with E-state index >= 15 is 0 Å². The van der Waals surface area contributed by atoms with E-state index in [-0.39, 0.29) is 23.8 Å². The van der Waals surface area contributed by atoms with Crippen molar-refractivity contribution in [3.05, 3.63) is 53.3 Å². The summed E-state index contributed by atoms with van der Waals surface area (Å²) in [6, 6.07) is 10.1. The number of nitrogens with zero attached hydrogens (tertiary/aromatic N) is 5. The number of amides is 2. The molecule has 3 aromatic rings. The Morgan fingerprint density at radius 2 is 1.86 bits per heavy atom. The Balaban J connectivity index is 1.40. The van der Waals surface area contributed by atoms with E-state index in [4.69, 9.17) is 10.1 Å². The van der Waals surface area contributed by atoms with Crippen LogP contribution in [0.2, 0.25) is 0 Å². The van der Waals surface area contributed by atoms with Gasteiger partial charge in [0.15, 0.2) is 5.65 Å². The van der Waals surface area contributed by atoms with Gasteiger partial charge in [-0.3, -0.25) is 9.59 Å². The molecule has 5 rings (SSSR count). The molecule has 0 bridgehead atoms. The molecule has 8 nitrogen and oxygen atoms in total. The molecular formula is C27H33N5O3. The van der Waals surface area contributed by atoms with Crippen molar-refractivity contribution >= 4 is 17.5 Å². The predicted molar refractivity (Wildman–Crippen MR) is 133 cm³/mol. The van der Waals surface area contributed by atoms with Gasteiger partial charge in [-0.1, -0.05) is 43.7 Å². The summed E-state index contributed by atoms with van der Waals surface area (Å²) in [6.45, 7) is 9.45. The number of imidazole rings is 1. The third-order valence-electron chi connectivity index (χ3n) is 7.40. The molecular weight excluding hydrogens is 442 g/mol. The lowest BCUT2D eigenvalue weighted by molar-refractivity contribution is -0.162. The Bertz CT molecular complexity index is 1280. The normalized spacial score (nSPS) is 19.8. The number of aromatic nitrogens is 3. The number of carbonyl (C=O) groups excluding carboxylic acids is 2. The number of carbonyl (C=O) groups is 2. The zero-order valence-electron chi connectivity index (χ0n) is 20.9. The van der Waals surface area contributed by atoms with Crippen LogP contribution in [0.5, 0.6) is 0 Å². The minimum Gasteiger partial charge on any atom is -0.380 e. The van der Waals surface area contributed by atoms with Crippen LogP contribution in [0.25, 0.3) is 16.9 Å². The number of aryl methyl sites for hydroxylation is 1. The quantitative estimate of drug-likeness (QED) is 0.624. The zero-order valence-corrected chi connectivity index (χ0v) is 20.9. The lowest BCUT2D eigenvalue weighted by Crippen LogP contribution is -2.61. The van der Waals surface area contributed by atoms with Crippen LogP contribution >= 0.6 is 0 Å². The maximum atomic E-state index is 13.5. The van der Waals surface area contributed by atoms with Crippen molar-refractivity contribution in [2.75, 3.05) is 19.6 Å². The van der Waals surface area contributed by atoms with E-state index in [1.165, 1.54) is 5.56 Å². The highest BCUT2D eigenvalue weighted by atomic mass is 16.3. The summed E-state index contributed by atoms with van der Waals surface area (Å²) in [6.07, 6.45) is 3.64. The Kier molecular flexibility index (Phi) is 5.87. The van der Waals surface area contributed by atoms with Gasteiger partial charge in [0.2, 0.25) is 0 Å². The van der Waals surface area contributed by atoms with Crippen molar-refractivity contribution in [3.8, 4) is 11.3 Å². The number of fused-ring (bicyclic) bond motifs is 1. The Morgan fingerprint density at radius 1 is 1.14 bits per heavy atom. The highest BCUT2D eigenvalue weighted by Crippen LogP contribution is 2.34. The minimum absolute atomic E-state index is 0.163. The van der Waals surface area contributed by atoms with Gasteiger partial charge < -0.3 is 14.9 Å². The molecule has 1 saturated carbocycles. The fraction of sp³-hybridized carbons (Fsp3) is 0.481. The summed E-state index contributed by atoms with van der Waals surface area (Å²) in [7, 11) is 0. The first-order valence-electron chi connectivity index (χ1n) is 12.5. The molecule has 1 saturated heterocycles. The van der Waals surface area contributed by atoms with Crippen molar-refractivity contribution in [2.24, 2.45) is 0 Å². The standard InChI is InChI=1S/C27H33N5O3/c1-17(2)21-14-22(20-8-6-18(3)7-9-20)29-32-16-23(28-24(21)32)25(33)31-13-12-30(15-19(31)4)26(34)27(35)10-5-11-27/h6-9,14,16-17,19,35H,5,10-13,15H2,1-4H3. The summed E-state index contributed by atoms with van der Waals surface area (Å²) in [5.41, 5.74) is 3.91. The van der Waals surface area contributed by atoms with Crippen LogP contribution in [0, 0.1) is 6.92 Å². The number of piperazine rings is 1. The van der Waals surface area contributed by atoms with Gasteiger partial charge in [0.1, 0.15) is 11.3 Å². The maximum absolute atomic E-state index is 13.5. The molecule has 2 aromatic heterocycles. The molecule has 35 heavy (non-hydrogen) atoms. The summed E-state index contributed by atoms with van der Waals surface area (Å²) in [4.78, 5) is 34.4. The lowest BCUT2D eigenvalue weighted by Gasteiger charge is -2.44. The van der Waals surface area contributed by atoms with Crippen LogP contribution in [-0.4, -0.2) is 72.6 Å². The SMILES string of the molecule is Cc1ccc(-c2cc(C(C)C)c3nc(C(=O)N4CCN(C(=O)C5(O)CCC5)CC4C)cn3n2)cc1. The van der Waals surface area contributed by atoms with E-state index in [0.29, 0.717) is 43.8 Å². The molecule has 1 aliphatic heterocycles. The third-order valence-corrected chi connectivity index (χ3v) is 7.40. The van der Waals surface area contributed by atoms with Gasteiger partial charge in [0, 0.05) is 36.8 Å². The smallest absolute Gasteiger partial charge is 0.274 e. The molecule has 8 heteroatoms. The zero-order chi connectivity index (χ0) is 24.9. The monoisotopic (exact) mass is 475 g/mol. The molecule has 2 aliphatic rings.